The largest absolute Gasteiger partial charge is 0.494 e. The molecule has 6 heteroatoms. The number of amides is 2. The molecule has 0 unspecified atom stereocenters. The molecule has 0 fully saturated rings. The van der Waals surface area contributed by atoms with Crippen LogP contribution < -0.4 is 15.4 Å². The first-order valence-electron chi connectivity index (χ1n) is 7.02. The SMILES string of the molecule is COc1cc(F)ccc1NC(=O)CNC(=O)Cc1ccccc1. The van der Waals surface area contributed by atoms with E-state index in [0.29, 0.717) is 5.69 Å². The number of hydrogen-bond acceptors (Lipinski definition) is 3. The van der Waals surface area contributed by atoms with Gasteiger partial charge in [-0.25, -0.2) is 4.39 Å². The molecule has 0 aliphatic carbocycles. The maximum Gasteiger partial charge on any atom is 0.243 e. The number of nitrogens with one attached hydrogen (secondary N) is 2. The van der Waals surface area contributed by atoms with Crippen LogP contribution in [-0.4, -0.2) is 25.5 Å². The highest BCUT2D eigenvalue weighted by Crippen LogP contribution is 2.24. The summed E-state index contributed by atoms with van der Waals surface area (Å²) in [5, 5.41) is 5.10. The quantitative estimate of drug-likeness (QED) is 0.858. The van der Waals surface area contributed by atoms with E-state index in [9.17, 15) is 14.0 Å². The van der Waals surface area contributed by atoms with Gasteiger partial charge >= 0.3 is 0 Å². The van der Waals surface area contributed by atoms with E-state index >= 15 is 0 Å². The van der Waals surface area contributed by atoms with Crippen LogP contribution in [0.1, 0.15) is 5.56 Å². The van der Waals surface area contributed by atoms with Gasteiger partial charge in [0.15, 0.2) is 0 Å². The molecule has 0 atom stereocenters. The minimum absolute atomic E-state index is 0.174. The van der Waals surface area contributed by atoms with Crippen molar-refractivity contribution in [1.82, 2.24) is 5.32 Å². The van der Waals surface area contributed by atoms with Crippen LogP contribution >= 0.6 is 0 Å². The average molecular weight is 316 g/mol. The smallest absolute Gasteiger partial charge is 0.243 e. The van der Waals surface area contributed by atoms with Gasteiger partial charge in [0.25, 0.3) is 0 Å². The number of benzene rings is 2. The number of carbonyl (C=O) groups is 2. The second-order valence-electron chi connectivity index (χ2n) is 4.83. The van der Waals surface area contributed by atoms with Crippen molar-refractivity contribution >= 4 is 17.5 Å². The Morgan fingerprint density at radius 3 is 2.52 bits per heavy atom. The number of methoxy groups -OCH3 is 1. The van der Waals surface area contributed by atoms with E-state index < -0.39 is 11.7 Å². The second-order valence-corrected chi connectivity index (χ2v) is 4.83. The van der Waals surface area contributed by atoms with Gasteiger partial charge in [-0.3, -0.25) is 9.59 Å². The fourth-order valence-electron chi connectivity index (χ4n) is 1.99. The lowest BCUT2D eigenvalue weighted by molar-refractivity contribution is -0.123. The van der Waals surface area contributed by atoms with Crippen molar-refractivity contribution in [2.24, 2.45) is 0 Å². The molecule has 2 aromatic rings. The molecule has 0 bridgehead atoms. The molecule has 2 aromatic carbocycles. The molecule has 5 nitrogen and oxygen atoms in total. The van der Waals surface area contributed by atoms with Gasteiger partial charge in [0.1, 0.15) is 11.6 Å². The lowest BCUT2D eigenvalue weighted by Crippen LogP contribution is -2.33. The molecule has 0 heterocycles. The van der Waals surface area contributed by atoms with Crippen LogP contribution in [0.4, 0.5) is 10.1 Å². The zero-order valence-electron chi connectivity index (χ0n) is 12.6. The van der Waals surface area contributed by atoms with Crippen molar-refractivity contribution in [1.29, 1.82) is 0 Å². The first-order chi connectivity index (χ1) is 11.1. The van der Waals surface area contributed by atoms with E-state index in [0.717, 1.165) is 5.56 Å². The van der Waals surface area contributed by atoms with Gasteiger partial charge in [0.05, 0.1) is 25.8 Å². The van der Waals surface area contributed by atoms with Crippen LogP contribution in [0.15, 0.2) is 48.5 Å². The maximum atomic E-state index is 13.1. The third kappa shape index (κ3) is 5.10. The van der Waals surface area contributed by atoms with Gasteiger partial charge in [-0.05, 0) is 17.7 Å². The summed E-state index contributed by atoms with van der Waals surface area (Å²) in [6, 6.07) is 13.0. The minimum atomic E-state index is -0.462. The molecule has 0 aromatic heterocycles. The van der Waals surface area contributed by atoms with Gasteiger partial charge in [-0.2, -0.15) is 0 Å². The highest BCUT2D eigenvalue weighted by molar-refractivity contribution is 5.95. The molecular weight excluding hydrogens is 299 g/mol. The lowest BCUT2D eigenvalue weighted by atomic mass is 10.1. The summed E-state index contributed by atoms with van der Waals surface area (Å²) in [5.41, 5.74) is 1.21. The monoisotopic (exact) mass is 316 g/mol. The van der Waals surface area contributed by atoms with E-state index in [1.54, 1.807) is 0 Å². The summed E-state index contributed by atoms with van der Waals surface area (Å²) in [5.74, 6) is -0.918. The summed E-state index contributed by atoms with van der Waals surface area (Å²) >= 11 is 0. The Morgan fingerprint density at radius 1 is 1.09 bits per heavy atom. The highest BCUT2D eigenvalue weighted by Gasteiger charge is 2.10. The highest BCUT2D eigenvalue weighted by atomic mass is 19.1. The Morgan fingerprint density at radius 2 is 1.83 bits per heavy atom. The van der Waals surface area contributed by atoms with Gasteiger partial charge in [-0.15, -0.1) is 0 Å². The summed E-state index contributed by atoms with van der Waals surface area (Å²) in [7, 11) is 1.38. The Kier molecular flexibility index (Phi) is 5.68. The number of ether oxygens (including phenoxy) is 1. The van der Waals surface area contributed by atoms with Gasteiger partial charge < -0.3 is 15.4 Å². The van der Waals surface area contributed by atoms with Crippen LogP contribution in [0.25, 0.3) is 0 Å². The molecule has 0 spiro atoms. The standard InChI is InChI=1S/C17H17FN2O3/c1-23-15-10-13(18)7-8-14(15)20-17(22)11-19-16(21)9-12-5-3-2-4-6-12/h2-8,10H,9,11H2,1H3,(H,19,21)(H,20,22). The van der Waals surface area contributed by atoms with Crippen LogP contribution in [0.5, 0.6) is 5.75 Å². The topological polar surface area (TPSA) is 67.4 Å². The fourth-order valence-corrected chi connectivity index (χ4v) is 1.99. The van der Waals surface area contributed by atoms with Crippen molar-refractivity contribution in [2.45, 2.75) is 6.42 Å². The van der Waals surface area contributed by atoms with Crippen LogP contribution in [0, 0.1) is 5.82 Å². The van der Waals surface area contributed by atoms with Crippen molar-refractivity contribution in [2.75, 3.05) is 19.0 Å². The van der Waals surface area contributed by atoms with E-state index in [-0.39, 0.29) is 24.6 Å². The Labute approximate surface area is 133 Å². The van der Waals surface area contributed by atoms with E-state index in [1.165, 1.54) is 25.3 Å². The molecule has 0 aliphatic heterocycles. The van der Waals surface area contributed by atoms with Crippen LogP contribution in [0.3, 0.4) is 0 Å². The van der Waals surface area contributed by atoms with Gasteiger partial charge in [0, 0.05) is 6.07 Å². The second kappa shape index (κ2) is 7.93. The molecule has 2 N–H and O–H groups in total. The molecule has 120 valence electrons. The van der Waals surface area contributed by atoms with Crippen LogP contribution in [-0.2, 0) is 16.0 Å². The van der Waals surface area contributed by atoms with Crippen molar-refractivity contribution < 1.29 is 18.7 Å². The molecule has 2 amide bonds. The Hall–Kier alpha value is -2.89. The molecule has 0 saturated carbocycles. The predicted octanol–water partition coefficient (Wildman–Crippen LogP) is 2.13. The van der Waals surface area contributed by atoms with Crippen LogP contribution in [0.2, 0.25) is 0 Å². The minimum Gasteiger partial charge on any atom is -0.494 e. The molecule has 23 heavy (non-hydrogen) atoms. The average Bonchev–Trinajstić information content (AvgIpc) is 2.55. The first-order valence-corrected chi connectivity index (χ1v) is 7.02. The van der Waals surface area contributed by atoms with E-state index in [1.807, 2.05) is 30.3 Å². The number of carbonyl (C=O) groups excluding carboxylic acids is 2. The molecule has 0 saturated heterocycles. The zero-order valence-corrected chi connectivity index (χ0v) is 12.6. The van der Waals surface area contributed by atoms with Gasteiger partial charge in [-0.1, -0.05) is 30.3 Å². The van der Waals surface area contributed by atoms with Crippen molar-refractivity contribution in [3.8, 4) is 5.75 Å². The van der Waals surface area contributed by atoms with E-state index in [2.05, 4.69) is 10.6 Å². The summed E-state index contributed by atoms with van der Waals surface area (Å²) in [6.45, 7) is -0.174. The zero-order chi connectivity index (χ0) is 16.7. The number of anilines is 1. The first kappa shape index (κ1) is 16.5. The van der Waals surface area contributed by atoms with E-state index in [4.69, 9.17) is 4.74 Å². The Bertz CT molecular complexity index is 689. The van der Waals surface area contributed by atoms with Gasteiger partial charge in [0.2, 0.25) is 11.8 Å². The summed E-state index contributed by atoms with van der Waals surface area (Å²) < 4.78 is 18.1. The predicted molar refractivity (Wildman–Crippen MR) is 84.7 cm³/mol. The third-order valence-electron chi connectivity index (χ3n) is 3.09. The van der Waals surface area contributed by atoms with Crippen molar-refractivity contribution in [3.63, 3.8) is 0 Å². The third-order valence-corrected chi connectivity index (χ3v) is 3.09. The fraction of sp³-hybridized carbons (Fsp3) is 0.176. The summed E-state index contributed by atoms with van der Waals surface area (Å²) in [6.07, 6.45) is 0.202. The molecule has 2 rings (SSSR count). The normalized spacial score (nSPS) is 10.0. The maximum absolute atomic E-state index is 13.1. The molecule has 0 radical (unpaired) electrons. The number of rotatable bonds is 6. The summed E-state index contributed by atoms with van der Waals surface area (Å²) in [4.78, 5) is 23.6. The molecule has 0 aliphatic rings. The number of halogens is 1. The number of hydrogen-bond donors (Lipinski definition) is 2. The Balaban J connectivity index is 1.84. The molecular formula is C17H17FN2O3. The van der Waals surface area contributed by atoms with Crippen molar-refractivity contribution in [3.05, 3.63) is 59.9 Å². The lowest BCUT2D eigenvalue weighted by Gasteiger charge is -2.10.